The number of aryl methyl sites for hydroxylation is 1. The van der Waals surface area contributed by atoms with Crippen LogP contribution in [0.5, 0.6) is 0 Å². The Morgan fingerprint density at radius 3 is 2.66 bits per heavy atom. The standard InChI is InChI=1S/C21H28F3N7.HI/c1-3-8-25-20(26-9-10-31-16-27-28-19(31)4-2)30-13-11-29(12-14-30)18-7-5-6-17(15-18)21(22,23)24;/h3,5-7,15-16H,1,4,8-14H2,2H3,(H,25,26);1H. The summed E-state index contributed by atoms with van der Waals surface area (Å²) in [6.45, 7) is 10.2. The molecule has 32 heavy (non-hydrogen) atoms. The van der Waals surface area contributed by atoms with Crippen LogP contribution >= 0.6 is 24.0 Å². The van der Waals surface area contributed by atoms with Gasteiger partial charge in [0.2, 0.25) is 0 Å². The predicted molar refractivity (Wildman–Crippen MR) is 131 cm³/mol. The molecular formula is C21H29F3IN7. The van der Waals surface area contributed by atoms with Crippen molar-refractivity contribution in [2.75, 3.05) is 44.2 Å². The highest BCUT2D eigenvalue weighted by atomic mass is 127. The van der Waals surface area contributed by atoms with Gasteiger partial charge in [0.1, 0.15) is 12.2 Å². The maximum Gasteiger partial charge on any atom is 0.416 e. The zero-order valence-corrected chi connectivity index (χ0v) is 20.4. The van der Waals surface area contributed by atoms with Gasteiger partial charge in [-0.2, -0.15) is 13.2 Å². The number of alkyl halides is 3. The van der Waals surface area contributed by atoms with E-state index in [-0.39, 0.29) is 24.0 Å². The molecule has 0 radical (unpaired) electrons. The second-order valence-electron chi connectivity index (χ2n) is 7.19. The second kappa shape index (κ2) is 12.1. The molecule has 0 unspecified atom stereocenters. The number of anilines is 1. The summed E-state index contributed by atoms with van der Waals surface area (Å²) in [5, 5.41) is 11.3. The monoisotopic (exact) mass is 563 g/mol. The van der Waals surface area contributed by atoms with Crippen LogP contribution in [-0.4, -0.2) is 64.9 Å². The van der Waals surface area contributed by atoms with Crippen molar-refractivity contribution in [3.8, 4) is 0 Å². The third-order valence-corrected chi connectivity index (χ3v) is 5.14. The van der Waals surface area contributed by atoms with Crippen molar-refractivity contribution in [3.05, 3.63) is 54.6 Å². The molecule has 1 aromatic heterocycles. The van der Waals surface area contributed by atoms with E-state index in [0.717, 1.165) is 24.3 Å². The number of nitrogens with one attached hydrogen (secondary N) is 1. The number of piperazine rings is 1. The Morgan fingerprint density at radius 2 is 2.00 bits per heavy atom. The van der Waals surface area contributed by atoms with Crippen LogP contribution in [0, 0.1) is 0 Å². The number of aliphatic imine (C=N–C) groups is 1. The molecule has 3 rings (SSSR count). The lowest BCUT2D eigenvalue weighted by Gasteiger charge is -2.38. The number of benzene rings is 1. The van der Waals surface area contributed by atoms with E-state index in [2.05, 4.69) is 27.0 Å². The molecule has 1 saturated heterocycles. The summed E-state index contributed by atoms with van der Waals surface area (Å²) >= 11 is 0. The SMILES string of the molecule is C=CCNC(=NCCn1cnnc1CC)N1CCN(c2cccc(C(F)(F)F)c2)CC1.I. The Morgan fingerprint density at radius 1 is 1.25 bits per heavy atom. The summed E-state index contributed by atoms with van der Waals surface area (Å²) in [7, 11) is 0. The number of rotatable bonds is 7. The van der Waals surface area contributed by atoms with Crippen LogP contribution in [0.1, 0.15) is 18.3 Å². The van der Waals surface area contributed by atoms with Crippen molar-refractivity contribution in [2.45, 2.75) is 26.1 Å². The van der Waals surface area contributed by atoms with Crippen LogP contribution in [0.15, 0.2) is 48.2 Å². The summed E-state index contributed by atoms with van der Waals surface area (Å²) < 4.78 is 41.0. The molecule has 0 amide bonds. The lowest BCUT2D eigenvalue weighted by Crippen LogP contribution is -2.52. The van der Waals surface area contributed by atoms with E-state index >= 15 is 0 Å². The van der Waals surface area contributed by atoms with Gasteiger partial charge in [0.25, 0.3) is 0 Å². The minimum atomic E-state index is -4.34. The first-order chi connectivity index (χ1) is 14.9. The molecule has 1 aliphatic rings. The average Bonchev–Trinajstić information content (AvgIpc) is 3.23. The van der Waals surface area contributed by atoms with Crippen LogP contribution in [0.2, 0.25) is 0 Å². The summed E-state index contributed by atoms with van der Waals surface area (Å²) in [4.78, 5) is 8.82. The van der Waals surface area contributed by atoms with Gasteiger partial charge < -0.3 is 19.7 Å². The van der Waals surface area contributed by atoms with E-state index in [0.29, 0.717) is 51.5 Å². The molecular weight excluding hydrogens is 534 g/mol. The molecule has 11 heteroatoms. The maximum atomic E-state index is 13.0. The Labute approximate surface area is 203 Å². The van der Waals surface area contributed by atoms with Crippen LogP contribution in [0.25, 0.3) is 0 Å². The lowest BCUT2D eigenvalue weighted by molar-refractivity contribution is -0.137. The Hall–Kier alpha value is -2.31. The molecule has 0 aliphatic carbocycles. The molecule has 1 N–H and O–H groups in total. The fourth-order valence-electron chi connectivity index (χ4n) is 3.49. The highest BCUT2D eigenvalue weighted by molar-refractivity contribution is 14.0. The van der Waals surface area contributed by atoms with Crippen molar-refractivity contribution in [1.82, 2.24) is 25.0 Å². The smallest absolute Gasteiger partial charge is 0.368 e. The molecule has 7 nitrogen and oxygen atoms in total. The second-order valence-corrected chi connectivity index (χ2v) is 7.19. The molecule has 0 bridgehead atoms. The van der Waals surface area contributed by atoms with E-state index in [9.17, 15) is 13.2 Å². The van der Waals surface area contributed by atoms with Crippen molar-refractivity contribution in [2.24, 2.45) is 4.99 Å². The Balaban J connectivity index is 0.00000363. The van der Waals surface area contributed by atoms with Gasteiger partial charge in [0.15, 0.2) is 5.96 Å². The third kappa shape index (κ3) is 6.84. The molecule has 176 valence electrons. The number of hydrogen-bond acceptors (Lipinski definition) is 4. The maximum absolute atomic E-state index is 13.0. The summed E-state index contributed by atoms with van der Waals surface area (Å²) in [5.74, 6) is 1.69. The molecule has 1 fully saturated rings. The molecule has 2 aromatic rings. The fraction of sp³-hybridized carbons (Fsp3) is 0.476. The first kappa shape index (κ1) is 25.9. The van der Waals surface area contributed by atoms with Crippen molar-refractivity contribution < 1.29 is 13.2 Å². The van der Waals surface area contributed by atoms with Crippen LogP contribution in [0.3, 0.4) is 0 Å². The molecule has 0 atom stereocenters. The van der Waals surface area contributed by atoms with E-state index < -0.39 is 11.7 Å². The molecule has 0 saturated carbocycles. The van der Waals surface area contributed by atoms with E-state index in [4.69, 9.17) is 4.99 Å². The topological polar surface area (TPSA) is 61.6 Å². The van der Waals surface area contributed by atoms with Crippen molar-refractivity contribution >= 4 is 35.6 Å². The number of halogens is 4. The van der Waals surface area contributed by atoms with E-state index in [1.165, 1.54) is 12.1 Å². The average molecular weight is 563 g/mol. The summed E-state index contributed by atoms with van der Waals surface area (Å²) in [6.07, 6.45) is -0.0557. The van der Waals surface area contributed by atoms with Crippen LogP contribution < -0.4 is 10.2 Å². The van der Waals surface area contributed by atoms with Gasteiger partial charge in [0.05, 0.1) is 12.1 Å². The van der Waals surface area contributed by atoms with Gasteiger partial charge >= 0.3 is 6.18 Å². The molecule has 0 spiro atoms. The highest BCUT2D eigenvalue weighted by Gasteiger charge is 2.31. The van der Waals surface area contributed by atoms with Crippen molar-refractivity contribution in [3.63, 3.8) is 0 Å². The number of aromatic nitrogens is 3. The summed E-state index contributed by atoms with van der Waals surface area (Å²) in [5.41, 5.74) is -0.0329. The van der Waals surface area contributed by atoms with Gasteiger partial charge in [-0.3, -0.25) is 4.99 Å². The quantitative estimate of drug-likeness (QED) is 0.242. The number of hydrogen-bond donors (Lipinski definition) is 1. The fourth-order valence-corrected chi connectivity index (χ4v) is 3.49. The summed E-state index contributed by atoms with van der Waals surface area (Å²) in [6, 6.07) is 5.49. The molecule has 1 aliphatic heterocycles. The van der Waals surface area contributed by atoms with Gasteiger partial charge in [0, 0.05) is 51.4 Å². The van der Waals surface area contributed by atoms with Gasteiger partial charge in [-0.1, -0.05) is 19.1 Å². The van der Waals surface area contributed by atoms with Gasteiger partial charge in [-0.15, -0.1) is 40.8 Å². The third-order valence-electron chi connectivity index (χ3n) is 5.14. The Bertz CT molecular complexity index is 890. The Kier molecular flexibility index (Phi) is 9.79. The van der Waals surface area contributed by atoms with Crippen LogP contribution in [0.4, 0.5) is 18.9 Å². The minimum absolute atomic E-state index is 0. The van der Waals surface area contributed by atoms with Crippen molar-refractivity contribution in [1.29, 1.82) is 0 Å². The predicted octanol–water partition coefficient (Wildman–Crippen LogP) is 3.43. The normalized spacial score (nSPS) is 14.8. The highest BCUT2D eigenvalue weighted by Crippen LogP contribution is 2.31. The number of nitrogens with zero attached hydrogens (tertiary/aromatic N) is 6. The van der Waals surface area contributed by atoms with Crippen LogP contribution in [-0.2, 0) is 19.1 Å². The van der Waals surface area contributed by atoms with Gasteiger partial charge in [-0.25, -0.2) is 0 Å². The zero-order chi connectivity index (χ0) is 22.3. The zero-order valence-electron chi connectivity index (χ0n) is 18.1. The molecule has 2 heterocycles. The largest absolute Gasteiger partial charge is 0.416 e. The minimum Gasteiger partial charge on any atom is -0.368 e. The first-order valence-corrected chi connectivity index (χ1v) is 10.4. The lowest BCUT2D eigenvalue weighted by atomic mass is 10.1. The van der Waals surface area contributed by atoms with E-state index in [1.54, 1.807) is 18.5 Å². The van der Waals surface area contributed by atoms with Gasteiger partial charge in [-0.05, 0) is 18.2 Å². The molecule has 1 aromatic carbocycles. The number of guanidine groups is 1. The first-order valence-electron chi connectivity index (χ1n) is 10.4. The van der Waals surface area contributed by atoms with E-state index in [1.807, 2.05) is 16.4 Å².